The number of nitrogens with zero attached hydrogens (tertiary/aromatic N) is 2. The van der Waals surface area contributed by atoms with E-state index in [2.05, 4.69) is 25.9 Å². The van der Waals surface area contributed by atoms with Gasteiger partial charge < -0.3 is 20.7 Å². The van der Waals surface area contributed by atoms with Gasteiger partial charge in [0.05, 0.1) is 0 Å². The molecule has 1 amide bonds. The average molecular weight is 489 g/mol. The van der Waals surface area contributed by atoms with Crippen molar-refractivity contribution in [2.24, 2.45) is 10.9 Å². The van der Waals surface area contributed by atoms with Crippen LogP contribution in [0.4, 0.5) is 5.82 Å². The van der Waals surface area contributed by atoms with E-state index in [0.29, 0.717) is 25.3 Å². The third-order valence-corrected chi connectivity index (χ3v) is 3.91. The van der Waals surface area contributed by atoms with E-state index in [1.807, 2.05) is 26.0 Å². The molecule has 7 nitrogen and oxygen atoms in total. The number of carbonyl (C=O) groups is 1. The molecule has 0 radical (unpaired) electrons. The monoisotopic (exact) mass is 489 g/mol. The van der Waals surface area contributed by atoms with E-state index in [1.54, 1.807) is 6.07 Å². The van der Waals surface area contributed by atoms with Gasteiger partial charge in [0, 0.05) is 45.0 Å². The normalized spacial score (nSPS) is 13.6. The molecule has 0 atom stereocenters. The fourth-order valence-corrected chi connectivity index (χ4v) is 2.35. The number of halogens is 1. The molecule has 1 heterocycles. The first-order valence-electron chi connectivity index (χ1n) is 9.51. The van der Waals surface area contributed by atoms with Crippen LogP contribution in [0.2, 0.25) is 0 Å². The predicted molar refractivity (Wildman–Crippen MR) is 120 cm³/mol. The number of guanidine groups is 1. The minimum Gasteiger partial charge on any atom is -0.381 e. The van der Waals surface area contributed by atoms with Gasteiger partial charge in [0.15, 0.2) is 5.96 Å². The maximum atomic E-state index is 12.0. The zero-order chi connectivity index (χ0) is 18.6. The summed E-state index contributed by atoms with van der Waals surface area (Å²) >= 11 is 0. The van der Waals surface area contributed by atoms with Crippen molar-refractivity contribution in [1.29, 1.82) is 0 Å². The van der Waals surface area contributed by atoms with Gasteiger partial charge in [0.1, 0.15) is 5.82 Å². The summed E-state index contributed by atoms with van der Waals surface area (Å²) in [7, 11) is 0. The van der Waals surface area contributed by atoms with Gasteiger partial charge in [-0.15, -0.1) is 24.0 Å². The Morgan fingerprint density at radius 1 is 1.33 bits per heavy atom. The Labute approximate surface area is 179 Å². The number of aromatic nitrogens is 1. The molecule has 8 heteroatoms. The first-order chi connectivity index (χ1) is 12.7. The van der Waals surface area contributed by atoms with E-state index >= 15 is 0 Å². The Balaban J connectivity index is 0.00000364. The lowest BCUT2D eigenvalue weighted by Gasteiger charge is -2.11. The third-order valence-electron chi connectivity index (χ3n) is 3.91. The van der Waals surface area contributed by atoms with Crippen LogP contribution in [-0.2, 0) is 9.53 Å². The first kappa shape index (κ1) is 23.6. The second-order valence-electron chi connectivity index (χ2n) is 6.52. The van der Waals surface area contributed by atoms with Crippen LogP contribution in [0.25, 0.3) is 0 Å². The molecule has 1 aliphatic rings. The summed E-state index contributed by atoms with van der Waals surface area (Å²) in [5.41, 5.74) is 0.878. The molecule has 0 spiro atoms. The Morgan fingerprint density at radius 3 is 2.85 bits per heavy atom. The molecule has 1 saturated carbocycles. The van der Waals surface area contributed by atoms with Gasteiger partial charge in [-0.2, -0.15) is 0 Å². The molecular formula is C19H32IN5O2. The molecule has 0 aliphatic heterocycles. The number of hydrogen-bond donors (Lipinski definition) is 3. The lowest BCUT2D eigenvalue weighted by Crippen LogP contribution is -2.38. The maximum absolute atomic E-state index is 12.0. The van der Waals surface area contributed by atoms with E-state index < -0.39 is 0 Å². The fraction of sp³-hybridized carbons (Fsp3) is 0.632. The molecule has 1 fully saturated rings. The van der Waals surface area contributed by atoms with Gasteiger partial charge in [0.25, 0.3) is 0 Å². The van der Waals surface area contributed by atoms with Crippen molar-refractivity contribution < 1.29 is 9.53 Å². The van der Waals surface area contributed by atoms with Crippen LogP contribution in [-0.4, -0.2) is 49.7 Å². The van der Waals surface area contributed by atoms with E-state index in [-0.39, 0.29) is 29.9 Å². The Hall–Kier alpha value is -1.42. The zero-order valence-electron chi connectivity index (χ0n) is 16.3. The number of hydrogen-bond acceptors (Lipinski definition) is 4. The van der Waals surface area contributed by atoms with Gasteiger partial charge in [-0.3, -0.25) is 9.79 Å². The summed E-state index contributed by atoms with van der Waals surface area (Å²) in [6.07, 6.45) is 3.90. The molecule has 0 unspecified atom stereocenters. The number of anilines is 1. The summed E-state index contributed by atoms with van der Waals surface area (Å²) in [5.74, 6) is 2.05. The van der Waals surface area contributed by atoms with Gasteiger partial charge in [-0.1, -0.05) is 6.07 Å². The number of nitrogens with one attached hydrogen (secondary N) is 3. The maximum Gasteiger partial charge on any atom is 0.227 e. The standard InChI is InChI=1S/C19H31N5O2.HI/c1-3-20-19(21-11-5-13-26-14-16-8-9-16)22-12-10-18(25)24-17-7-4-6-15(2)23-17;/h4,6-7,16H,3,5,8-14H2,1-2H3,(H2,20,21,22)(H,23,24,25);1H. The van der Waals surface area contributed by atoms with Crippen LogP contribution in [0.5, 0.6) is 0 Å². The fourth-order valence-electron chi connectivity index (χ4n) is 2.35. The number of rotatable bonds is 11. The minimum atomic E-state index is -0.0695. The van der Waals surface area contributed by atoms with Gasteiger partial charge in [-0.25, -0.2) is 4.98 Å². The van der Waals surface area contributed by atoms with Crippen LogP contribution < -0.4 is 16.0 Å². The Kier molecular flexibility index (Phi) is 12.0. The molecule has 152 valence electrons. The molecule has 0 aromatic carbocycles. The molecule has 1 aromatic heterocycles. The quantitative estimate of drug-likeness (QED) is 0.193. The predicted octanol–water partition coefficient (Wildman–Crippen LogP) is 2.71. The summed E-state index contributed by atoms with van der Waals surface area (Å²) < 4.78 is 5.61. The van der Waals surface area contributed by atoms with E-state index in [4.69, 9.17) is 4.74 Å². The van der Waals surface area contributed by atoms with Crippen LogP contribution in [0.1, 0.15) is 38.3 Å². The van der Waals surface area contributed by atoms with Gasteiger partial charge in [-0.05, 0) is 51.2 Å². The summed E-state index contributed by atoms with van der Waals surface area (Å²) in [6, 6.07) is 5.56. The van der Waals surface area contributed by atoms with Crippen molar-refractivity contribution in [2.45, 2.75) is 39.5 Å². The topological polar surface area (TPSA) is 87.6 Å². The Morgan fingerprint density at radius 2 is 2.15 bits per heavy atom. The number of pyridine rings is 1. The van der Waals surface area contributed by atoms with Crippen LogP contribution in [0.3, 0.4) is 0 Å². The molecule has 1 aromatic rings. The average Bonchev–Trinajstić information content (AvgIpc) is 3.42. The number of ether oxygens (including phenoxy) is 1. The summed E-state index contributed by atoms with van der Waals surface area (Å²) in [6.45, 7) is 7.57. The molecule has 0 saturated heterocycles. The molecule has 3 N–H and O–H groups in total. The third kappa shape index (κ3) is 11.1. The van der Waals surface area contributed by atoms with Gasteiger partial charge >= 0.3 is 0 Å². The largest absolute Gasteiger partial charge is 0.381 e. The summed E-state index contributed by atoms with van der Waals surface area (Å²) in [4.78, 5) is 20.8. The molecule has 1 aliphatic carbocycles. The highest BCUT2D eigenvalue weighted by molar-refractivity contribution is 14.0. The summed E-state index contributed by atoms with van der Waals surface area (Å²) in [5, 5.41) is 9.17. The van der Waals surface area contributed by atoms with Crippen molar-refractivity contribution >= 4 is 41.7 Å². The second kappa shape index (κ2) is 13.7. The van der Waals surface area contributed by atoms with Crippen molar-refractivity contribution in [2.75, 3.05) is 38.2 Å². The van der Waals surface area contributed by atoms with Gasteiger partial charge in [0.2, 0.25) is 5.91 Å². The number of carbonyl (C=O) groups excluding carboxylic acids is 1. The van der Waals surface area contributed by atoms with E-state index in [9.17, 15) is 4.79 Å². The van der Waals surface area contributed by atoms with E-state index in [1.165, 1.54) is 12.8 Å². The molecular weight excluding hydrogens is 457 g/mol. The zero-order valence-corrected chi connectivity index (χ0v) is 18.6. The molecule has 0 bridgehead atoms. The lowest BCUT2D eigenvalue weighted by molar-refractivity contribution is -0.116. The molecule has 27 heavy (non-hydrogen) atoms. The highest BCUT2D eigenvalue weighted by atomic mass is 127. The van der Waals surface area contributed by atoms with Crippen LogP contribution in [0, 0.1) is 12.8 Å². The van der Waals surface area contributed by atoms with E-state index in [0.717, 1.165) is 43.8 Å². The number of aliphatic imine (C=N–C) groups is 1. The highest BCUT2D eigenvalue weighted by Gasteiger charge is 2.20. The first-order valence-corrected chi connectivity index (χ1v) is 9.51. The van der Waals surface area contributed by atoms with Crippen molar-refractivity contribution in [3.05, 3.63) is 23.9 Å². The Bertz CT molecular complexity index is 593. The van der Waals surface area contributed by atoms with Crippen LogP contribution >= 0.6 is 24.0 Å². The molecule has 2 rings (SSSR count). The highest BCUT2D eigenvalue weighted by Crippen LogP contribution is 2.28. The lowest BCUT2D eigenvalue weighted by atomic mass is 10.3. The van der Waals surface area contributed by atoms with Crippen molar-refractivity contribution in [1.82, 2.24) is 15.6 Å². The second-order valence-corrected chi connectivity index (χ2v) is 6.52. The SMILES string of the molecule is CCNC(=NCCCOCC1CC1)NCCC(=O)Nc1cccc(C)n1.I. The smallest absolute Gasteiger partial charge is 0.227 e. The number of aryl methyl sites for hydroxylation is 1. The minimum absolute atomic E-state index is 0. The van der Waals surface area contributed by atoms with Crippen molar-refractivity contribution in [3.8, 4) is 0 Å². The van der Waals surface area contributed by atoms with Crippen LogP contribution in [0.15, 0.2) is 23.2 Å². The number of amides is 1. The van der Waals surface area contributed by atoms with Crippen molar-refractivity contribution in [3.63, 3.8) is 0 Å².